The second-order valence-electron chi connectivity index (χ2n) is 5.56. The Hall–Kier alpha value is -2.74. The third kappa shape index (κ3) is 3.91. The Labute approximate surface area is 150 Å². The number of nitrogens with zero attached hydrogens (tertiary/aromatic N) is 2. The number of hydrogen-bond donors (Lipinski definition) is 1. The molecule has 0 spiro atoms. The molecule has 0 radical (unpaired) electrons. The number of alkyl halides is 2. The molecule has 0 aliphatic rings. The fourth-order valence-electron chi connectivity index (χ4n) is 2.58. The molecular weight excluding hydrogens is 362 g/mol. The molecule has 0 amide bonds. The van der Waals surface area contributed by atoms with Crippen LogP contribution < -0.4 is 4.74 Å². The van der Waals surface area contributed by atoms with Crippen LogP contribution in [0.5, 0.6) is 5.75 Å². The van der Waals surface area contributed by atoms with Crippen molar-refractivity contribution in [3.05, 3.63) is 65.9 Å². The largest absolute Gasteiger partial charge is 0.497 e. The Bertz CT molecular complexity index is 974. The Balaban J connectivity index is 2.08. The summed E-state index contributed by atoms with van der Waals surface area (Å²) in [4.78, 5) is 0. The van der Waals surface area contributed by atoms with Gasteiger partial charge >= 0.3 is 0 Å². The second-order valence-corrected chi connectivity index (χ2v) is 6.54. The predicted molar refractivity (Wildman–Crippen MR) is 94.5 cm³/mol. The molecule has 136 valence electrons. The van der Waals surface area contributed by atoms with Crippen LogP contribution in [0.15, 0.2) is 54.6 Å². The lowest BCUT2D eigenvalue weighted by Crippen LogP contribution is -2.00. The first-order valence-electron chi connectivity index (χ1n) is 7.71. The van der Waals surface area contributed by atoms with Gasteiger partial charge in [-0.3, -0.25) is 0 Å². The van der Waals surface area contributed by atoms with Crippen LogP contribution in [-0.2, 0) is 16.5 Å². The molecule has 3 aromatic rings. The van der Waals surface area contributed by atoms with E-state index in [1.165, 1.54) is 17.9 Å². The van der Waals surface area contributed by atoms with E-state index in [0.29, 0.717) is 28.3 Å². The fraction of sp³-hybridized carbons (Fsp3) is 0.167. The number of methoxy groups -OCH3 is 1. The van der Waals surface area contributed by atoms with Crippen molar-refractivity contribution < 1.29 is 21.9 Å². The number of halogens is 2. The number of ether oxygens (including phenoxy) is 1. The van der Waals surface area contributed by atoms with Gasteiger partial charge in [0.15, 0.2) is 0 Å². The molecule has 0 N–H and O–H groups in total. The molecule has 8 heteroatoms. The van der Waals surface area contributed by atoms with Gasteiger partial charge in [0, 0.05) is 11.6 Å². The summed E-state index contributed by atoms with van der Waals surface area (Å²) in [6.45, 7) is 0. The van der Waals surface area contributed by atoms with Crippen LogP contribution in [0.25, 0.3) is 16.9 Å². The Morgan fingerprint density at radius 3 is 2.46 bits per heavy atom. The van der Waals surface area contributed by atoms with Gasteiger partial charge in [-0.2, -0.15) is 5.10 Å². The monoisotopic (exact) mass is 378 g/mol. The summed E-state index contributed by atoms with van der Waals surface area (Å²) in [5.74, 6) is 0.518. The standard InChI is InChI=1S/C18H16F2N2O3S/c1-25-15-4-2-3-14(9-15)22-17(10-16(21-22)18(19)20)13-7-5-12(6-8-13)11-26(23)24/h2-10,18,26H,11H2,1H3. The highest BCUT2D eigenvalue weighted by atomic mass is 32.2. The SMILES string of the molecule is COc1cccc(-n2nc(C(F)F)cc2-c2ccc(C[SH](=O)=O)cc2)c1. The minimum absolute atomic E-state index is 0.0625. The molecule has 0 aliphatic heterocycles. The van der Waals surface area contributed by atoms with Gasteiger partial charge in [0.1, 0.15) is 22.1 Å². The fourth-order valence-corrected chi connectivity index (χ4v) is 3.09. The summed E-state index contributed by atoms with van der Waals surface area (Å²) >= 11 is 0. The summed E-state index contributed by atoms with van der Waals surface area (Å²) in [5, 5.41) is 4.02. The first-order chi connectivity index (χ1) is 12.5. The van der Waals surface area contributed by atoms with E-state index in [0.717, 1.165) is 0 Å². The van der Waals surface area contributed by atoms with Crippen LogP contribution in [0.1, 0.15) is 17.7 Å². The third-order valence-corrected chi connectivity index (χ3v) is 4.43. The molecule has 1 aromatic heterocycles. The molecule has 0 bridgehead atoms. The van der Waals surface area contributed by atoms with Crippen molar-refractivity contribution in [1.29, 1.82) is 0 Å². The lowest BCUT2D eigenvalue weighted by atomic mass is 10.1. The zero-order valence-electron chi connectivity index (χ0n) is 13.8. The molecule has 0 saturated heterocycles. The topological polar surface area (TPSA) is 61.2 Å². The average Bonchev–Trinajstić information content (AvgIpc) is 3.07. The van der Waals surface area contributed by atoms with Gasteiger partial charge in [0.25, 0.3) is 6.43 Å². The van der Waals surface area contributed by atoms with Crippen molar-refractivity contribution in [2.45, 2.75) is 12.2 Å². The van der Waals surface area contributed by atoms with E-state index >= 15 is 0 Å². The molecule has 1 heterocycles. The van der Waals surface area contributed by atoms with Gasteiger partial charge in [-0.25, -0.2) is 21.9 Å². The van der Waals surface area contributed by atoms with Crippen LogP contribution in [-0.4, -0.2) is 25.3 Å². The molecule has 26 heavy (non-hydrogen) atoms. The van der Waals surface area contributed by atoms with Crippen molar-refractivity contribution >= 4 is 10.7 Å². The van der Waals surface area contributed by atoms with E-state index in [1.807, 2.05) is 0 Å². The van der Waals surface area contributed by atoms with Gasteiger partial charge in [-0.15, -0.1) is 0 Å². The number of aromatic nitrogens is 2. The minimum atomic E-state index is -2.70. The molecule has 0 saturated carbocycles. The van der Waals surface area contributed by atoms with E-state index in [2.05, 4.69) is 5.10 Å². The smallest absolute Gasteiger partial charge is 0.282 e. The minimum Gasteiger partial charge on any atom is -0.497 e. The zero-order valence-corrected chi connectivity index (χ0v) is 14.7. The molecule has 0 aliphatic carbocycles. The first kappa shape index (κ1) is 18.1. The van der Waals surface area contributed by atoms with E-state index in [-0.39, 0.29) is 11.4 Å². The van der Waals surface area contributed by atoms with Gasteiger partial charge in [0.2, 0.25) is 0 Å². The highest BCUT2D eigenvalue weighted by Crippen LogP contribution is 2.29. The van der Waals surface area contributed by atoms with Gasteiger partial charge in [0.05, 0.1) is 24.2 Å². The first-order valence-corrected chi connectivity index (χ1v) is 9.08. The number of rotatable bonds is 6. The summed E-state index contributed by atoms with van der Waals surface area (Å²) < 4.78 is 54.6. The van der Waals surface area contributed by atoms with Crippen LogP contribution in [0.4, 0.5) is 8.78 Å². The van der Waals surface area contributed by atoms with E-state index in [4.69, 9.17) is 4.74 Å². The van der Waals surface area contributed by atoms with E-state index < -0.39 is 17.1 Å². The molecular formula is C18H16F2N2O3S. The van der Waals surface area contributed by atoms with Crippen LogP contribution in [0, 0.1) is 0 Å². The molecule has 3 rings (SSSR count). The number of thiol groups is 1. The number of benzene rings is 2. The maximum atomic E-state index is 13.2. The maximum Gasteiger partial charge on any atom is 0.282 e. The summed E-state index contributed by atoms with van der Waals surface area (Å²) in [5.41, 5.74) is 2.00. The van der Waals surface area contributed by atoms with Crippen molar-refractivity contribution in [1.82, 2.24) is 9.78 Å². The van der Waals surface area contributed by atoms with Crippen LogP contribution in [0.3, 0.4) is 0 Å². The molecule has 2 aromatic carbocycles. The Kier molecular flexibility index (Phi) is 5.32. The van der Waals surface area contributed by atoms with Crippen LogP contribution in [0.2, 0.25) is 0 Å². The molecule has 0 fully saturated rings. The van der Waals surface area contributed by atoms with Crippen molar-refractivity contribution in [3.8, 4) is 22.7 Å². The third-order valence-electron chi connectivity index (χ3n) is 3.81. The van der Waals surface area contributed by atoms with Crippen molar-refractivity contribution in [3.63, 3.8) is 0 Å². The van der Waals surface area contributed by atoms with E-state index in [1.54, 1.807) is 48.5 Å². The lowest BCUT2D eigenvalue weighted by molar-refractivity contribution is 0.145. The molecule has 0 unspecified atom stereocenters. The Morgan fingerprint density at radius 2 is 1.85 bits per heavy atom. The second kappa shape index (κ2) is 7.65. The van der Waals surface area contributed by atoms with E-state index in [9.17, 15) is 17.2 Å². The van der Waals surface area contributed by atoms with Gasteiger partial charge in [-0.05, 0) is 23.8 Å². The average molecular weight is 378 g/mol. The van der Waals surface area contributed by atoms with Gasteiger partial charge in [-0.1, -0.05) is 30.3 Å². The quantitative estimate of drug-likeness (QED) is 0.666. The molecule has 0 atom stereocenters. The summed E-state index contributed by atoms with van der Waals surface area (Å²) in [7, 11) is -1.00. The number of hydrogen-bond acceptors (Lipinski definition) is 4. The maximum absolute atomic E-state index is 13.2. The highest BCUT2D eigenvalue weighted by molar-refractivity contribution is 7.71. The summed E-state index contributed by atoms with van der Waals surface area (Å²) in [6.07, 6.45) is -2.70. The van der Waals surface area contributed by atoms with Gasteiger partial charge < -0.3 is 4.74 Å². The molecule has 5 nitrogen and oxygen atoms in total. The zero-order chi connectivity index (χ0) is 18.7. The summed E-state index contributed by atoms with van der Waals surface area (Å²) in [6, 6.07) is 15.0. The highest BCUT2D eigenvalue weighted by Gasteiger charge is 2.18. The van der Waals surface area contributed by atoms with Crippen LogP contribution >= 0.6 is 0 Å². The van der Waals surface area contributed by atoms with Crippen molar-refractivity contribution in [2.75, 3.05) is 7.11 Å². The Morgan fingerprint density at radius 1 is 1.12 bits per heavy atom. The van der Waals surface area contributed by atoms with Crippen molar-refractivity contribution in [2.24, 2.45) is 0 Å². The predicted octanol–water partition coefficient (Wildman–Crippen LogP) is 3.60. The lowest BCUT2D eigenvalue weighted by Gasteiger charge is -2.09. The normalized spacial score (nSPS) is 11.3.